The first-order valence-corrected chi connectivity index (χ1v) is 13.5. The number of aryl methyl sites for hydroxylation is 2. The highest BCUT2D eigenvalue weighted by atomic mass is 16.6. The van der Waals surface area contributed by atoms with Gasteiger partial charge in [-0.1, -0.05) is 6.07 Å². The average molecular weight is 535 g/mol. The maximum atomic E-state index is 12.1. The molecule has 0 aromatic carbocycles. The van der Waals surface area contributed by atoms with Crippen molar-refractivity contribution in [1.82, 2.24) is 15.6 Å². The second-order valence-corrected chi connectivity index (χ2v) is 11.1. The number of rotatable bonds is 12. The summed E-state index contributed by atoms with van der Waals surface area (Å²) >= 11 is 0. The third kappa shape index (κ3) is 10.00. The number of anilines is 1. The molecule has 1 aliphatic carbocycles. The summed E-state index contributed by atoms with van der Waals surface area (Å²) in [6.45, 7) is 8.05. The van der Waals surface area contributed by atoms with Crippen LogP contribution < -0.4 is 16.0 Å². The number of hydrogen-bond donors (Lipinski definition) is 4. The first-order valence-electron chi connectivity index (χ1n) is 13.5. The molecular weight excluding hydrogens is 492 g/mol. The van der Waals surface area contributed by atoms with Crippen molar-refractivity contribution in [3.8, 4) is 0 Å². The van der Waals surface area contributed by atoms with Gasteiger partial charge in [0.15, 0.2) is 0 Å². The molecule has 3 rings (SSSR count). The molecule has 0 bridgehead atoms. The molecule has 4 N–H and O–H groups in total. The van der Waals surface area contributed by atoms with Crippen LogP contribution in [-0.4, -0.2) is 71.8 Å². The van der Waals surface area contributed by atoms with E-state index in [9.17, 15) is 19.5 Å². The maximum Gasteiger partial charge on any atom is 0.408 e. The molecule has 1 aliphatic heterocycles. The van der Waals surface area contributed by atoms with Gasteiger partial charge in [0.1, 0.15) is 23.6 Å². The predicted octanol–water partition coefficient (Wildman–Crippen LogP) is 3.65. The Balaban J connectivity index is 1.28. The van der Waals surface area contributed by atoms with Gasteiger partial charge >= 0.3 is 18.2 Å². The number of carbonyl (C=O) groups excluding carboxylic acids is 2. The number of pyridine rings is 1. The van der Waals surface area contributed by atoms with E-state index in [4.69, 9.17) is 19.2 Å². The average Bonchev–Trinajstić information content (AvgIpc) is 2.81. The predicted molar refractivity (Wildman–Crippen MR) is 141 cm³/mol. The van der Waals surface area contributed by atoms with Gasteiger partial charge in [-0.25, -0.2) is 19.4 Å². The number of hydrogen-bond acceptors (Lipinski definition) is 8. The molecule has 0 saturated heterocycles. The Hall–Kier alpha value is -3.08. The largest absolute Gasteiger partial charge is 0.480 e. The van der Waals surface area contributed by atoms with Gasteiger partial charge in [-0.15, -0.1) is 0 Å². The SMILES string of the molecule is C[C@@H](CNC(=O)OC(C)(C)C)OC(=O)NC(CCOC1CC(CCc2ccc3c(n2)NCCC3)C1)C(=O)O. The zero-order chi connectivity index (χ0) is 27.7. The van der Waals surface area contributed by atoms with Crippen molar-refractivity contribution in [3.05, 3.63) is 23.4 Å². The van der Waals surface area contributed by atoms with Gasteiger partial charge in [0.05, 0.1) is 12.6 Å². The number of amides is 2. The Bertz CT molecular complexity index is 959. The molecule has 2 amide bonds. The van der Waals surface area contributed by atoms with E-state index >= 15 is 0 Å². The van der Waals surface area contributed by atoms with Gasteiger partial charge in [-0.05, 0) is 83.8 Å². The molecule has 2 atom stereocenters. The van der Waals surface area contributed by atoms with E-state index in [0.717, 1.165) is 56.6 Å². The Morgan fingerprint density at radius 2 is 1.97 bits per heavy atom. The number of carboxylic acids is 1. The zero-order valence-electron chi connectivity index (χ0n) is 22.9. The summed E-state index contributed by atoms with van der Waals surface area (Å²) in [5, 5.41) is 17.7. The van der Waals surface area contributed by atoms with Crippen LogP contribution in [0.4, 0.5) is 15.4 Å². The molecule has 11 nitrogen and oxygen atoms in total. The van der Waals surface area contributed by atoms with Crippen LogP contribution in [-0.2, 0) is 31.8 Å². The molecule has 2 aliphatic rings. The topological polar surface area (TPSA) is 148 Å². The van der Waals surface area contributed by atoms with Gasteiger partial charge in [0, 0.05) is 25.3 Å². The van der Waals surface area contributed by atoms with E-state index in [-0.39, 0.29) is 25.7 Å². The fraction of sp³-hybridized carbons (Fsp3) is 0.704. The summed E-state index contributed by atoms with van der Waals surface area (Å²) in [5.74, 6) is 0.439. The molecule has 11 heteroatoms. The van der Waals surface area contributed by atoms with E-state index in [0.29, 0.717) is 5.92 Å². The van der Waals surface area contributed by atoms with E-state index < -0.39 is 35.9 Å². The van der Waals surface area contributed by atoms with Gasteiger partial charge in [-0.2, -0.15) is 0 Å². The standard InChI is InChI=1S/C27H42N4O7/c1-17(16-29-25(34)38-27(2,3)4)37-26(35)31-22(24(32)33)11-13-36-21-14-18(15-21)7-9-20-10-8-19-6-5-12-28-23(19)30-20/h8,10,17-18,21-22H,5-7,9,11-16H2,1-4H3,(H,28,30)(H,29,34)(H,31,35)(H,32,33)/t17-,18?,21?,22?/m0/s1. The number of aliphatic carboxylic acids is 1. The van der Waals surface area contributed by atoms with Crippen molar-refractivity contribution in [2.75, 3.05) is 25.0 Å². The van der Waals surface area contributed by atoms with Crippen LogP contribution in [0.2, 0.25) is 0 Å². The van der Waals surface area contributed by atoms with Crippen LogP contribution in [0.5, 0.6) is 0 Å². The number of carboxylic acid groups (broad SMARTS) is 1. The van der Waals surface area contributed by atoms with Crippen LogP contribution >= 0.6 is 0 Å². The lowest BCUT2D eigenvalue weighted by Gasteiger charge is -2.35. The summed E-state index contributed by atoms with van der Waals surface area (Å²) in [7, 11) is 0. The molecule has 212 valence electrons. The second-order valence-electron chi connectivity index (χ2n) is 11.1. The molecule has 1 unspecified atom stereocenters. The van der Waals surface area contributed by atoms with E-state index in [2.05, 4.69) is 28.1 Å². The molecule has 1 aromatic heterocycles. The Labute approximate surface area is 224 Å². The van der Waals surface area contributed by atoms with Crippen molar-refractivity contribution < 1.29 is 33.7 Å². The van der Waals surface area contributed by atoms with Crippen molar-refractivity contribution in [1.29, 1.82) is 0 Å². The lowest BCUT2D eigenvalue weighted by Crippen LogP contribution is -2.44. The highest BCUT2D eigenvalue weighted by Crippen LogP contribution is 2.34. The molecule has 1 aromatic rings. The van der Waals surface area contributed by atoms with E-state index in [1.807, 2.05) is 0 Å². The summed E-state index contributed by atoms with van der Waals surface area (Å²) in [4.78, 5) is 40.2. The van der Waals surface area contributed by atoms with Gasteiger partial charge in [0.25, 0.3) is 0 Å². The van der Waals surface area contributed by atoms with Crippen molar-refractivity contribution in [2.45, 2.75) is 96.5 Å². The van der Waals surface area contributed by atoms with E-state index in [1.54, 1.807) is 27.7 Å². The molecule has 1 saturated carbocycles. The number of aromatic nitrogens is 1. The maximum absolute atomic E-state index is 12.1. The third-order valence-electron chi connectivity index (χ3n) is 6.54. The normalized spacial score (nSPS) is 20.1. The zero-order valence-corrected chi connectivity index (χ0v) is 22.9. The molecule has 1 fully saturated rings. The minimum absolute atomic E-state index is 0.0332. The lowest BCUT2D eigenvalue weighted by molar-refractivity contribution is -0.140. The summed E-state index contributed by atoms with van der Waals surface area (Å²) in [6, 6.07) is 3.18. The van der Waals surface area contributed by atoms with Crippen LogP contribution in [0.15, 0.2) is 12.1 Å². The number of fused-ring (bicyclic) bond motifs is 1. The van der Waals surface area contributed by atoms with Crippen LogP contribution in [0.3, 0.4) is 0 Å². The molecule has 38 heavy (non-hydrogen) atoms. The highest BCUT2D eigenvalue weighted by molar-refractivity contribution is 5.79. The Morgan fingerprint density at radius 1 is 1.21 bits per heavy atom. The molecule has 0 spiro atoms. The van der Waals surface area contributed by atoms with Crippen LogP contribution in [0.25, 0.3) is 0 Å². The summed E-state index contributed by atoms with van der Waals surface area (Å²) in [5.41, 5.74) is 1.77. The highest BCUT2D eigenvalue weighted by Gasteiger charge is 2.30. The number of ether oxygens (including phenoxy) is 3. The first-order chi connectivity index (χ1) is 18.0. The second kappa shape index (κ2) is 13.6. The van der Waals surface area contributed by atoms with Gasteiger partial charge < -0.3 is 35.3 Å². The number of alkyl carbamates (subject to hydrolysis) is 2. The monoisotopic (exact) mass is 534 g/mol. The fourth-order valence-electron chi connectivity index (χ4n) is 4.46. The van der Waals surface area contributed by atoms with Crippen LogP contribution in [0.1, 0.15) is 71.1 Å². The minimum atomic E-state index is -1.16. The van der Waals surface area contributed by atoms with Crippen molar-refractivity contribution in [2.24, 2.45) is 5.92 Å². The molecule has 0 radical (unpaired) electrons. The number of nitrogens with one attached hydrogen (secondary N) is 3. The summed E-state index contributed by atoms with van der Waals surface area (Å²) in [6.07, 6.45) is 4.18. The third-order valence-corrected chi connectivity index (χ3v) is 6.54. The van der Waals surface area contributed by atoms with E-state index in [1.165, 1.54) is 5.56 Å². The van der Waals surface area contributed by atoms with Crippen LogP contribution in [0, 0.1) is 5.92 Å². The van der Waals surface area contributed by atoms with Crippen molar-refractivity contribution >= 4 is 24.0 Å². The smallest absolute Gasteiger partial charge is 0.408 e. The summed E-state index contributed by atoms with van der Waals surface area (Å²) < 4.78 is 16.1. The fourth-order valence-corrected chi connectivity index (χ4v) is 4.46. The van der Waals surface area contributed by atoms with Gasteiger partial charge in [-0.3, -0.25) is 0 Å². The van der Waals surface area contributed by atoms with Crippen molar-refractivity contribution in [3.63, 3.8) is 0 Å². The number of nitrogens with zero attached hydrogens (tertiary/aromatic N) is 1. The Kier molecular flexibility index (Phi) is 10.6. The quantitative estimate of drug-likeness (QED) is 0.315. The first kappa shape index (κ1) is 29.5. The molecule has 2 heterocycles. The van der Waals surface area contributed by atoms with Gasteiger partial charge in [0.2, 0.25) is 0 Å². The number of carbonyl (C=O) groups is 3. The minimum Gasteiger partial charge on any atom is -0.480 e. The lowest BCUT2D eigenvalue weighted by atomic mass is 9.79. The Morgan fingerprint density at radius 3 is 2.68 bits per heavy atom. The molecular formula is C27H42N4O7.